The number of ether oxygens (including phenoxy) is 2. The maximum absolute atomic E-state index is 10.7. The van der Waals surface area contributed by atoms with Gasteiger partial charge in [-0.05, 0) is 13.8 Å². The highest BCUT2D eigenvalue weighted by Crippen LogP contribution is 2.28. The number of methoxy groups -OCH3 is 2. The van der Waals surface area contributed by atoms with Gasteiger partial charge >= 0.3 is 10.4 Å². The van der Waals surface area contributed by atoms with E-state index in [9.17, 15) is 8.42 Å². The highest BCUT2D eigenvalue weighted by atomic mass is 32.3. The molecule has 0 saturated carbocycles. The molecule has 0 aromatic heterocycles. The second-order valence-corrected chi connectivity index (χ2v) is 5.49. The van der Waals surface area contributed by atoms with Crippen LogP contribution in [0.15, 0.2) is 18.2 Å². The second kappa shape index (κ2) is 7.48. The fraction of sp³-hybridized carbons (Fsp3) is 0.538. The van der Waals surface area contributed by atoms with Crippen LogP contribution in [0.4, 0.5) is 5.69 Å². The van der Waals surface area contributed by atoms with E-state index in [-0.39, 0.29) is 6.54 Å². The van der Waals surface area contributed by atoms with Gasteiger partial charge in [-0.1, -0.05) is 0 Å². The van der Waals surface area contributed by atoms with Crippen molar-refractivity contribution in [2.24, 2.45) is 0 Å². The molecule has 0 bridgehead atoms. The minimum atomic E-state index is -4.46. The molecule has 0 fully saturated rings. The van der Waals surface area contributed by atoms with Crippen LogP contribution in [0.3, 0.4) is 0 Å². The monoisotopic (exact) mass is 319 g/mol. The lowest BCUT2D eigenvalue weighted by atomic mass is 10.2. The van der Waals surface area contributed by atoms with Crippen molar-refractivity contribution in [2.45, 2.75) is 20.0 Å². The van der Waals surface area contributed by atoms with Gasteiger partial charge in [-0.25, -0.2) is 4.18 Å². The van der Waals surface area contributed by atoms with Crippen LogP contribution < -0.4 is 14.4 Å². The van der Waals surface area contributed by atoms with Gasteiger partial charge in [0.2, 0.25) is 0 Å². The fourth-order valence-corrected chi connectivity index (χ4v) is 2.42. The maximum Gasteiger partial charge on any atom is 0.397 e. The Labute approximate surface area is 125 Å². The fourth-order valence-electron chi connectivity index (χ4n) is 1.94. The third-order valence-corrected chi connectivity index (χ3v) is 3.42. The first-order chi connectivity index (χ1) is 9.78. The number of likely N-dealkylation sites (N-methyl/N-ethyl adjacent to an activating group) is 1. The Morgan fingerprint density at radius 2 is 1.71 bits per heavy atom. The van der Waals surface area contributed by atoms with Crippen molar-refractivity contribution in [1.82, 2.24) is 0 Å². The molecule has 0 amide bonds. The van der Waals surface area contributed by atoms with Crippen LogP contribution in [0, 0.1) is 0 Å². The van der Waals surface area contributed by atoms with Crippen molar-refractivity contribution in [3.05, 3.63) is 18.2 Å². The topological polar surface area (TPSA) is 85.3 Å². The molecule has 1 rings (SSSR count). The van der Waals surface area contributed by atoms with Gasteiger partial charge in [0.1, 0.15) is 11.5 Å². The van der Waals surface area contributed by atoms with Gasteiger partial charge in [-0.2, -0.15) is 8.42 Å². The summed E-state index contributed by atoms with van der Waals surface area (Å²) < 4.78 is 45.1. The third kappa shape index (κ3) is 5.78. The Morgan fingerprint density at radius 1 is 1.19 bits per heavy atom. The summed E-state index contributed by atoms with van der Waals surface area (Å²) in [5.41, 5.74) is 0.805. The summed E-state index contributed by atoms with van der Waals surface area (Å²) in [5.74, 6) is 1.26. The second-order valence-electron chi connectivity index (χ2n) is 4.44. The number of hydrogen-bond donors (Lipinski definition) is 1. The number of rotatable bonds is 8. The van der Waals surface area contributed by atoms with Crippen molar-refractivity contribution >= 4 is 16.1 Å². The molecule has 0 heterocycles. The van der Waals surface area contributed by atoms with Gasteiger partial charge in [-0.3, -0.25) is 4.55 Å². The number of nitrogens with zero attached hydrogens (tertiary/aromatic N) is 1. The van der Waals surface area contributed by atoms with Gasteiger partial charge in [0, 0.05) is 37.0 Å². The van der Waals surface area contributed by atoms with Crippen LogP contribution in [-0.2, 0) is 14.6 Å². The lowest BCUT2D eigenvalue weighted by molar-refractivity contribution is 0.201. The third-order valence-electron chi connectivity index (χ3n) is 2.85. The molecular formula is C13H21NO6S. The Hall–Kier alpha value is -1.51. The summed E-state index contributed by atoms with van der Waals surface area (Å²) >= 11 is 0. The molecule has 21 heavy (non-hydrogen) atoms. The Balaban J connectivity index is 2.94. The molecule has 0 saturated heterocycles. The summed E-state index contributed by atoms with van der Waals surface area (Å²) in [5, 5.41) is 0. The van der Waals surface area contributed by atoms with Gasteiger partial charge in [0.05, 0.1) is 20.3 Å². The first-order valence-electron chi connectivity index (χ1n) is 6.42. The van der Waals surface area contributed by atoms with Gasteiger partial charge in [0.15, 0.2) is 0 Å². The minimum absolute atomic E-state index is 0.284. The Morgan fingerprint density at radius 3 is 2.10 bits per heavy atom. The highest BCUT2D eigenvalue weighted by molar-refractivity contribution is 7.80. The van der Waals surface area contributed by atoms with Gasteiger partial charge in [0.25, 0.3) is 0 Å². The van der Waals surface area contributed by atoms with Crippen LogP contribution in [0.2, 0.25) is 0 Å². The molecule has 0 radical (unpaired) electrons. The van der Waals surface area contributed by atoms with Crippen LogP contribution in [-0.4, -0.2) is 46.4 Å². The predicted molar refractivity (Wildman–Crippen MR) is 79.5 cm³/mol. The summed E-state index contributed by atoms with van der Waals surface area (Å²) in [6.45, 7) is 4.39. The van der Waals surface area contributed by atoms with E-state index < -0.39 is 16.5 Å². The van der Waals surface area contributed by atoms with Gasteiger partial charge in [-0.15, -0.1) is 0 Å². The zero-order chi connectivity index (χ0) is 16.0. The summed E-state index contributed by atoms with van der Waals surface area (Å²) in [7, 11) is -1.35. The lowest BCUT2D eigenvalue weighted by Crippen LogP contribution is -2.33. The zero-order valence-electron chi connectivity index (χ0n) is 12.6. The quantitative estimate of drug-likeness (QED) is 0.730. The van der Waals surface area contributed by atoms with E-state index in [1.807, 2.05) is 24.0 Å². The number of hydrogen-bond acceptors (Lipinski definition) is 6. The van der Waals surface area contributed by atoms with Crippen molar-refractivity contribution in [2.75, 3.05) is 32.2 Å². The van der Waals surface area contributed by atoms with Crippen molar-refractivity contribution in [1.29, 1.82) is 0 Å². The normalized spacial score (nSPS) is 12.8. The molecule has 7 nitrogen and oxygen atoms in total. The molecular weight excluding hydrogens is 298 g/mol. The van der Waals surface area contributed by atoms with E-state index in [1.165, 1.54) is 0 Å². The van der Waals surface area contributed by atoms with Crippen LogP contribution in [0.1, 0.15) is 13.8 Å². The molecule has 1 unspecified atom stereocenters. The molecule has 1 aromatic rings. The molecule has 0 aliphatic rings. The molecule has 1 aromatic carbocycles. The smallest absolute Gasteiger partial charge is 0.397 e. The summed E-state index contributed by atoms with van der Waals surface area (Å²) in [6.07, 6.45) is -0.697. The molecule has 8 heteroatoms. The van der Waals surface area contributed by atoms with E-state index in [1.54, 1.807) is 27.2 Å². The average molecular weight is 319 g/mol. The molecule has 1 atom stereocenters. The lowest BCUT2D eigenvalue weighted by Gasteiger charge is -2.26. The minimum Gasteiger partial charge on any atom is -0.497 e. The Bertz CT molecular complexity index is 538. The largest absolute Gasteiger partial charge is 0.497 e. The van der Waals surface area contributed by atoms with Crippen LogP contribution >= 0.6 is 0 Å². The molecule has 120 valence electrons. The first kappa shape index (κ1) is 17.5. The number of anilines is 1. The standard InChI is InChI=1S/C13H21NO6S/c1-5-14(9-10(2)20-21(15,16)17)11-6-12(18-3)8-13(7-11)19-4/h6-8,10H,5,9H2,1-4H3,(H,15,16,17). The predicted octanol–water partition coefficient (Wildman–Crippen LogP) is 1.74. The highest BCUT2D eigenvalue weighted by Gasteiger charge is 2.17. The van der Waals surface area contributed by atoms with E-state index >= 15 is 0 Å². The van der Waals surface area contributed by atoms with Crippen LogP contribution in [0.25, 0.3) is 0 Å². The van der Waals surface area contributed by atoms with Crippen molar-refractivity contribution < 1.29 is 26.6 Å². The average Bonchev–Trinajstić information content (AvgIpc) is 2.42. The molecule has 0 aliphatic heterocycles. The first-order valence-corrected chi connectivity index (χ1v) is 7.79. The van der Waals surface area contributed by atoms with E-state index in [4.69, 9.17) is 14.0 Å². The van der Waals surface area contributed by atoms with E-state index in [2.05, 4.69) is 4.18 Å². The van der Waals surface area contributed by atoms with E-state index in [0.717, 1.165) is 5.69 Å². The van der Waals surface area contributed by atoms with Gasteiger partial charge < -0.3 is 14.4 Å². The molecule has 0 aliphatic carbocycles. The summed E-state index contributed by atoms with van der Waals surface area (Å²) in [6, 6.07) is 5.37. The maximum atomic E-state index is 10.7. The molecule has 1 N–H and O–H groups in total. The Kier molecular flexibility index (Phi) is 6.25. The van der Waals surface area contributed by atoms with E-state index in [0.29, 0.717) is 18.0 Å². The van der Waals surface area contributed by atoms with Crippen molar-refractivity contribution in [3.8, 4) is 11.5 Å². The van der Waals surface area contributed by atoms with Crippen LogP contribution in [0.5, 0.6) is 11.5 Å². The number of benzene rings is 1. The van der Waals surface area contributed by atoms with Crippen molar-refractivity contribution in [3.63, 3.8) is 0 Å². The molecule has 0 spiro atoms. The summed E-state index contributed by atoms with van der Waals surface area (Å²) in [4.78, 5) is 1.89. The SMILES string of the molecule is CCN(CC(C)OS(=O)(=O)O)c1cc(OC)cc(OC)c1. The zero-order valence-corrected chi connectivity index (χ0v) is 13.4.